The minimum Gasteiger partial charge on any atom is -0.410 e. The van der Waals surface area contributed by atoms with E-state index in [-0.39, 0.29) is 24.7 Å². The van der Waals surface area contributed by atoms with Crippen molar-refractivity contribution in [2.45, 2.75) is 44.1 Å². The standard InChI is InChI=1S/C11H19NO4/c1-7-9-8(3-5-14-7)12-4-6-15-11(13-2)10(12)16-9/h7-11H,3-6H2,1-2H3/p+1/t7?,8-,9+,10?,11?/m0/s1. The fourth-order valence-electron chi connectivity index (χ4n) is 3.07. The molecule has 0 aromatic carbocycles. The van der Waals surface area contributed by atoms with E-state index in [1.54, 1.807) is 7.11 Å². The van der Waals surface area contributed by atoms with Gasteiger partial charge in [0, 0.05) is 20.3 Å². The first-order valence-corrected chi connectivity index (χ1v) is 6.03. The number of aliphatic hydroxyl groups is 2. The first-order chi connectivity index (χ1) is 7.81. The van der Waals surface area contributed by atoms with Crippen molar-refractivity contribution in [2.24, 2.45) is 0 Å². The number of hydrogen-bond acceptors (Lipinski definition) is 4. The smallest absolute Gasteiger partial charge is 0.267 e. The SMILES string of the molecule is COC1OCCN2C1[OH+][C@@H]1C(C)OCC[C@@H]12. The summed E-state index contributed by atoms with van der Waals surface area (Å²) >= 11 is 0. The lowest BCUT2D eigenvalue weighted by atomic mass is 10.0. The number of hydrogen-bond donors (Lipinski definition) is 0. The van der Waals surface area contributed by atoms with Crippen molar-refractivity contribution in [3.05, 3.63) is 0 Å². The molecule has 0 spiro atoms. The predicted molar refractivity (Wildman–Crippen MR) is 57.1 cm³/mol. The van der Waals surface area contributed by atoms with Crippen molar-refractivity contribution in [1.29, 1.82) is 0 Å². The van der Waals surface area contributed by atoms with Crippen molar-refractivity contribution in [3.8, 4) is 0 Å². The van der Waals surface area contributed by atoms with Gasteiger partial charge in [0.2, 0.25) is 6.29 Å². The quantitative estimate of drug-likeness (QED) is 0.580. The van der Waals surface area contributed by atoms with E-state index in [1.807, 2.05) is 0 Å². The lowest BCUT2D eigenvalue weighted by Crippen LogP contribution is -2.53. The van der Waals surface area contributed by atoms with E-state index in [1.165, 1.54) is 0 Å². The Balaban J connectivity index is 1.79. The van der Waals surface area contributed by atoms with Gasteiger partial charge in [0.15, 0.2) is 6.10 Å². The van der Waals surface area contributed by atoms with E-state index in [2.05, 4.69) is 11.8 Å². The van der Waals surface area contributed by atoms with Gasteiger partial charge in [0.05, 0.1) is 12.6 Å². The molecule has 16 heavy (non-hydrogen) atoms. The normalized spacial score (nSPS) is 48.8. The molecule has 0 aromatic rings. The first-order valence-electron chi connectivity index (χ1n) is 6.03. The zero-order chi connectivity index (χ0) is 11.1. The second kappa shape index (κ2) is 4.23. The molecule has 0 aromatic heterocycles. The Morgan fingerprint density at radius 3 is 3.00 bits per heavy atom. The number of fused-ring (bicyclic) bond motifs is 3. The van der Waals surface area contributed by atoms with E-state index in [4.69, 9.17) is 18.9 Å². The minimum atomic E-state index is -0.202. The van der Waals surface area contributed by atoms with Gasteiger partial charge >= 0.3 is 0 Å². The third kappa shape index (κ3) is 1.58. The Bertz CT molecular complexity index is 262. The second-order valence-electron chi connectivity index (χ2n) is 4.70. The topological polar surface area (TPSA) is 43.7 Å². The van der Waals surface area contributed by atoms with Crippen molar-refractivity contribution in [1.82, 2.24) is 4.90 Å². The van der Waals surface area contributed by atoms with Gasteiger partial charge in [0.1, 0.15) is 6.10 Å². The average molecular weight is 230 g/mol. The summed E-state index contributed by atoms with van der Waals surface area (Å²) < 4.78 is 21.4. The molecule has 0 saturated carbocycles. The van der Waals surface area contributed by atoms with Crippen LogP contribution >= 0.6 is 0 Å². The van der Waals surface area contributed by atoms with E-state index in [0.29, 0.717) is 6.04 Å². The maximum atomic E-state index is 5.66. The molecule has 3 rings (SSSR count). The maximum Gasteiger partial charge on any atom is 0.267 e. The van der Waals surface area contributed by atoms with Crippen LogP contribution in [0.5, 0.6) is 0 Å². The summed E-state index contributed by atoms with van der Waals surface area (Å²) in [6.07, 6.45) is 1.45. The molecule has 5 atom stereocenters. The van der Waals surface area contributed by atoms with Crippen LogP contribution in [0, 0.1) is 0 Å². The highest BCUT2D eigenvalue weighted by Gasteiger charge is 2.56. The van der Waals surface area contributed by atoms with Gasteiger partial charge in [-0.25, -0.2) is 4.90 Å². The van der Waals surface area contributed by atoms with Crippen LogP contribution in [0.1, 0.15) is 13.3 Å². The van der Waals surface area contributed by atoms with Crippen molar-refractivity contribution in [2.75, 3.05) is 26.9 Å². The largest absolute Gasteiger partial charge is 0.410 e. The van der Waals surface area contributed by atoms with E-state index in [9.17, 15) is 0 Å². The minimum absolute atomic E-state index is 0.0675. The molecule has 3 saturated heterocycles. The van der Waals surface area contributed by atoms with Gasteiger partial charge in [0.25, 0.3) is 6.23 Å². The van der Waals surface area contributed by atoms with Crippen LogP contribution in [0.2, 0.25) is 0 Å². The number of rotatable bonds is 1. The molecule has 0 radical (unpaired) electrons. The number of methoxy groups -OCH3 is 1. The highest BCUT2D eigenvalue weighted by atomic mass is 16.7. The molecule has 0 bridgehead atoms. The molecule has 0 amide bonds. The third-order valence-electron chi connectivity index (χ3n) is 3.87. The molecule has 5 heteroatoms. The van der Waals surface area contributed by atoms with Gasteiger partial charge in [-0.2, -0.15) is 0 Å². The lowest BCUT2D eigenvalue weighted by Gasteiger charge is -2.33. The predicted octanol–water partition coefficient (Wildman–Crippen LogP) is -0.295. The van der Waals surface area contributed by atoms with E-state index < -0.39 is 0 Å². The van der Waals surface area contributed by atoms with Gasteiger partial charge in [-0.1, -0.05) is 0 Å². The van der Waals surface area contributed by atoms with Gasteiger partial charge in [-0.05, 0) is 13.3 Å². The van der Waals surface area contributed by atoms with Crippen molar-refractivity contribution in [3.63, 3.8) is 0 Å². The Labute approximate surface area is 95.6 Å². The van der Waals surface area contributed by atoms with Crippen LogP contribution in [0.25, 0.3) is 0 Å². The number of morpholine rings is 1. The van der Waals surface area contributed by atoms with Crippen molar-refractivity contribution < 1.29 is 18.9 Å². The number of nitrogens with zero attached hydrogens (tertiary/aromatic N) is 1. The second-order valence-corrected chi connectivity index (χ2v) is 4.70. The number of ether oxygens (including phenoxy) is 4. The van der Waals surface area contributed by atoms with Gasteiger partial charge in [-0.3, -0.25) is 0 Å². The van der Waals surface area contributed by atoms with Crippen molar-refractivity contribution >= 4 is 0 Å². The van der Waals surface area contributed by atoms with E-state index >= 15 is 0 Å². The van der Waals surface area contributed by atoms with Gasteiger partial charge < -0.3 is 18.9 Å². The Hall–Kier alpha value is -0.200. The molecule has 0 aliphatic carbocycles. The molecule has 3 fully saturated rings. The zero-order valence-electron chi connectivity index (χ0n) is 9.83. The van der Waals surface area contributed by atoms with E-state index in [0.717, 1.165) is 26.2 Å². The fourth-order valence-corrected chi connectivity index (χ4v) is 3.07. The molecule has 3 aliphatic heterocycles. The summed E-state index contributed by atoms with van der Waals surface area (Å²) in [6, 6.07) is 0.523. The third-order valence-corrected chi connectivity index (χ3v) is 3.87. The Morgan fingerprint density at radius 2 is 2.19 bits per heavy atom. The summed E-state index contributed by atoms with van der Waals surface area (Å²) in [7, 11) is 1.69. The molecule has 3 aliphatic rings. The zero-order valence-corrected chi connectivity index (χ0v) is 9.83. The first kappa shape index (κ1) is 10.9. The molecule has 3 heterocycles. The van der Waals surface area contributed by atoms with Gasteiger partial charge in [-0.15, -0.1) is 0 Å². The summed E-state index contributed by atoms with van der Waals surface area (Å²) in [5, 5.41) is 0. The molecule has 5 nitrogen and oxygen atoms in total. The van der Waals surface area contributed by atoms with Crippen LogP contribution in [-0.2, 0) is 14.2 Å². The molecule has 1 N–H and O–H groups in total. The molecular weight excluding hydrogens is 210 g/mol. The monoisotopic (exact) mass is 230 g/mol. The summed E-state index contributed by atoms with van der Waals surface area (Å²) in [4.78, 5) is 2.43. The summed E-state index contributed by atoms with van der Waals surface area (Å²) in [6.45, 7) is 4.66. The Morgan fingerprint density at radius 1 is 1.31 bits per heavy atom. The maximum absolute atomic E-state index is 5.66. The molecule has 92 valence electrons. The summed E-state index contributed by atoms with van der Waals surface area (Å²) in [5.74, 6) is 0. The average Bonchev–Trinajstić information content (AvgIpc) is 2.69. The Kier molecular flexibility index (Phi) is 2.89. The van der Waals surface area contributed by atoms with Crippen LogP contribution < -0.4 is 0 Å². The molecular formula is C11H20NO4+. The fraction of sp³-hybridized carbons (Fsp3) is 1.00. The van der Waals surface area contributed by atoms with Crippen LogP contribution in [0.15, 0.2) is 0 Å². The lowest BCUT2D eigenvalue weighted by molar-refractivity contribution is -0.296. The molecule has 3 unspecified atom stereocenters. The summed E-state index contributed by atoms with van der Waals surface area (Å²) in [5.41, 5.74) is 0. The van der Waals surface area contributed by atoms with Crippen LogP contribution in [0.4, 0.5) is 0 Å². The van der Waals surface area contributed by atoms with Crippen LogP contribution in [-0.4, -0.2) is 67.3 Å². The highest BCUT2D eigenvalue weighted by molar-refractivity contribution is 4.95. The highest BCUT2D eigenvalue weighted by Crippen LogP contribution is 2.33. The van der Waals surface area contributed by atoms with Crippen LogP contribution in [0.3, 0.4) is 0 Å².